The minimum atomic E-state index is -1.15. The van der Waals surface area contributed by atoms with Crippen molar-refractivity contribution in [1.82, 2.24) is 15.3 Å². The van der Waals surface area contributed by atoms with Crippen molar-refractivity contribution >= 4 is 11.5 Å². The van der Waals surface area contributed by atoms with E-state index >= 15 is 0 Å². The Morgan fingerprint density at radius 3 is 2.68 bits per heavy atom. The van der Waals surface area contributed by atoms with E-state index in [0.717, 1.165) is 17.2 Å². The van der Waals surface area contributed by atoms with Gasteiger partial charge in [-0.05, 0) is 41.5 Å². The van der Waals surface area contributed by atoms with E-state index in [4.69, 9.17) is 9.47 Å². The molecule has 3 N–H and O–H groups in total. The largest absolute Gasteiger partial charge is 0.369 e. The summed E-state index contributed by atoms with van der Waals surface area (Å²) in [6, 6.07) is -0.287. The van der Waals surface area contributed by atoms with Crippen molar-refractivity contribution in [3.05, 3.63) is 11.5 Å². The van der Waals surface area contributed by atoms with Crippen LogP contribution in [-0.4, -0.2) is 58.6 Å². The number of nitrogens with one attached hydrogen (secondary N) is 2. The van der Waals surface area contributed by atoms with Gasteiger partial charge >= 0.3 is 0 Å². The van der Waals surface area contributed by atoms with Crippen LogP contribution in [0.1, 0.15) is 39.2 Å². The first-order chi connectivity index (χ1) is 11.5. The van der Waals surface area contributed by atoms with Crippen LogP contribution in [0.2, 0.25) is 0 Å². The molecule has 2 aliphatic rings. The van der Waals surface area contributed by atoms with Crippen LogP contribution in [0.5, 0.6) is 0 Å². The molecule has 0 spiro atoms. The number of aromatic nitrogens is 2. The maximum Gasteiger partial charge on any atom is 0.200 e. The van der Waals surface area contributed by atoms with E-state index in [0.29, 0.717) is 12.4 Å². The zero-order valence-electron chi connectivity index (χ0n) is 16.0. The predicted molar refractivity (Wildman–Crippen MR) is 95.4 cm³/mol. The lowest BCUT2D eigenvalue weighted by Gasteiger charge is -2.40. The van der Waals surface area contributed by atoms with Crippen molar-refractivity contribution < 1.29 is 14.6 Å². The number of aryl methyl sites for hydroxylation is 2. The maximum absolute atomic E-state index is 11.2. The number of aliphatic hydroxyl groups is 1. The molecule has 2 aliphatic heterocycles. The molecule has 1 saturated heterocycles. The lowest BCUT2D eigenvalue weighted by atomic mass is 10.0. The van der Waals surface area contributed by atoms with Gasteiger partial charge in [0.05, 0.1) is 17.3 Å². The van der Waals surface area contributed by atoms with Crippen LogP contribution in [0, 0.1) is 13.8 Å². The van der Waals surface area contributed by atoms with Gasteiger partial charge in [-0.3, -0.25) is 5.32 Å². The van der Waals surface area contributed by atoms with Crippen LogP contribution >= 0.6 is 0 Å². The summed E-state index contributed by atoms with van der Waals surface area (Å²) in [7, 11) is 1.85. The highest BCUT2D eigenvalue weighted by Crippen LogP contribution is 2.36. The van der Waals surface area contributed by atoms with Crippen LogP contribution in [0.25, 0.3) is 0 Å². The van der Waals surface area contributed by atoms with Gasteiger partial charge in [0, 0.05) is 13.6 Å². The quantitative estimate of drug-likeness (QED) is 0.698. The molecular formula is C17H29N5O3. The third-order valence-electron chi connectivity index (χ3n) is 4.60. The Balaban J connectivity index is 1.77. The Bertz CT molecular complexity index is 658. The number of ether oxygens (including phenoxy) is 2. The second-order valence-corrected chi connectivity index (χ2v) is 7.96. The van der Waals surface area contributed by atoms with Crippen LogP contribution in [0.15, 0.2) is 0 Å². The topological polar surface area (TPSA) is 95.1 Å². The Kier molecular flexibility index (Phi) is 4.43. The van der Waals surface area contributed by atoms with Gasteiger partial charge in [0.15, 0.2) is 24.1 Å². The summed E-state index contributed by atoms with van der Waals surface area (Å²) >= 11 is 0. The molecule has 3 heterocycles. The number of hydrogen-bond acceptors (Lipinski definition) is 8. The molecule has 2 unspecified atom stereocenters. The van der Waals surface area contributed by atoms with Gasteiger partial charge in [-0.2, -0.15) is 0 Å². The van der Waals surface area contributed by atoms with Gasteiger partial charge in [-0.15, -0.1) is 0 Å². The van der Waals surface area contributed by atoms with Gasteiger partial charge in [-0.25, -0.2) is 9.97 Å². The van der Waals surface area contributed by atoms with Gasteiger partial charge in [0.1, 0.15) is 11.5 Å². The third-order valence-corrected chi connectivity index (χ3v) is 4.60. The molecule has 0 aromatic carbocycles. The maximum atomic E-state index is 11.2. The molecule has 3 rings (SSSR count). The zero-order valence-corrected chi connectivity index (χ0v) is 16.0. The molecule has 1 fully saturated rings. The van der Waals surface area contributed by atoms with E-state index in [1.807, 2.05) is 46.6 Å². The Morgan fingerprint density at radius 2 is 2.04 bits per heavy atom. The summed E-state index contributed by atoms with van der Waals surface area (Å²) in [6.45, 7) is 12.0. The number of likely N-dealkylation sites (N-methyl/N-ethyl adjacent to an activating group) is 1. The summed E-state index contributed by atoms with van der Waals surface area (Å²) in [5, 5.41) is 17.9. The normalized spacial score (nSPS) is 32.0. The highest BCUT2D eigenvalue weighted by Gasteiger charge is 2.49. The molecule has 1 aromatic rings. The first kappa shape index (κ1) is 18.3. The highest BCUT2D eigenvalue weighted by molar-refractivity contribution is 5.70. The van der Waals surface area contributed by atoms with Crippen molar-refractivity contribution in [3.63, 3.8) is 0 Å². The average molecular weight is 351 g/mol. The van der Waals surface area contributed by atoms with Crippen LogP contribution in [0.3, 0.4) is 0 Å². The molecule has 8 nitrogen and oxygen atoms in total. The first-order valence-corrected chi connectivity index (χ1v) is 8.63. The molecule has 25 heavy (non-hydrogen) atoms. The summed E-state index contributed by atoms with van der Waals surface area (Å²) in [5.41, 5.74) is 0.205. The highest BCUT2D eigenvalue weighted by atomic mass is 16.8. The van der Waals surface area contributed by atoms with Crippen LogP contribution in [0.4, 0.5) is 11.5 Å². The zero-order chi connectivity index (χ0) is 18.6. The van der Waals surface area contributed by atoms with Crippen molar-refractivity contribution in [1.29, 1.82) is 0 Å². The minimum absolute atomic E-state index is 0.235. The van der Waals surface area contributed by atoms with Gasteiger partial charge in [0.2, 0.25) is 0 Å². The predicted octanol–water partition coefficient (Wildman–Crippen LogP) is 1.12. The molecule has 0 saturated carbocycles. The molecule has 4 atom stereocenters. The molecule has 1 aromatic heterocycles. The summed E-state index contributed by atoms with van der Waals surface area (Å²) in [4.78, 5) is 10.7. The fourth-order valence-corrected chi connectivity index (χ4v) is 3.15. The number of nitrogens with zero attached hydrogens (tertiary/aromatic N) is 3. The van der Waals surface area contributed by atoms with Crippen LogP contribution in [-0.2, 0) is 9.47 Å². The molecule has 0 amide bonds. The fourth-order valence-electron chi connectivity index (χ4n) is 3.15. The number of fused-ring (bicyclic) bond motifs is 1. The van der Waals surface area contributed by atoms with E-state index < -0.39 is 5.72 Å². The Hall–Kier alpha value is -1.48. The first-order valence-electron chi connectivity index (χ1n) is 8.63. The van der Waals surface area contributed by atoms with E-state index in [1.54, 1.807) is 6.92 Å². The number of epoxide rings is 1. The Morgan fingerprint density at radius 1 is 1.36 bits per heavy atom. The standard InChI is InChI=1S/C17H29N5O3/c1-9-12-13(20-10(2)19-9)18-8-11(17(6,23)22(12)7)21-14-15(24-14)25-16(3,4)5/h11,14-15,21,23H,8H2,1-7H3,(H,18,19,20)/t11-,14?,15?,17+/m0/s1. The van der Waals surface area contributed by atoms with E-state index in [-0.39, 0.29) is 24.2 Å². The number of rotatable bonds is 3. The van der Waals surface area contributed by atoms with E-state index in [9.17, 15) is 5.11 Å². The van der Waals surface area contributed by atoms with Gasteiger partial charge in [0.25, 0.3) is 0 Å². The van der Waals surface area contributed by atoms with Gasteiger partial charge in [-0.1, -0.05) is 0 Å². The van der Waals surface area contributed by atoms with E-state index in [2.05, 4.69) is 20.6 Å². The van der Waals surface area contributed by atoms with Crippen molar-refractivity contribution in [2.45, 2.75) is 71.4 Å². The summed E-state index contributed by atoms with van der Waals surface area (Å²) in [5.74, 6) is 1.43. The molecule has 140 valence electrons. The number of anilines is 2. The van der Waals surface area contributed by atoms with Crippen molar-refractivity contribution in [2.75, 3.05) is 23.8 Å². The molecule has 0 bridgehead atoms. The lowest BCUT2D eigenvalue weighted by Crippen LogP contribution is -2.61. The fraction of sp³-hybridized carbons (Fsp3) is 0.765. The van der Waals surface area contributed by atoms with Crippen molar-refractivity contribution in [3.8, 4) is 0 Å². The third kappa shape index (κ3) is 3.72. The minimum Gasteiger partial charge on any atom is -0.369 e. The molecule has 0 radical (unpaired) electrons. The Labute approximate surface area is 148 Å². The van der Waals surface area contributed by atoms with Crippen molar-refractivity contribution in [2.24, 2.45) is 0 Å². The summed E-state index contributed by atoms with van der Waals surface area (Å²) in [6.07, 6.45) is -0.531. The SMILES string of the molecule is Cc1nc(C)c2c(n1)NC[C@H](NC1OC1OC(C)(C)C)[C@@](C)(O)N2C. The van der Waals surface area contributed by atoms with E-state index in [1.165, 1.54) is 0 Å². The average Bonchev–Trinajstić information content (AvgIpc) is 3.17. The monoisotopic (exact) mass is 351 g/mol. The molecular weight excluding hydrogens is 322 g/mol. The smallest absolute Gasteiger partial charge is 0.200 e. The molecule has 0 aliphatic carbocycles. The summed E-state index contributed by atoms with van der Waals surface area (Å²) < 4.78 is 11.4. The number of hydrogen-bond donors (Lipinski definition) is 3. The second-order valence-electron chi connectivity index (χ2n) is 7.96. The van der Waals surface area contributed by atoms with Crippen LogP contribution < -0.4 is 15.5 Å². The second kappa shape index (κ2) is 6.05. The molecule has 8 heteroatoms. The van der Waals surface area contributed by atoms with Gasteiger partial charge < -0.3 is 24.8 Å². The lowest BCUT2D eigenvalue weighted by molar-refractivity contribution is -0.0573.